The second kappa shape index (κ2) is 4.52. The summed E-state index contributed by atoms with van der Waals surface area (Å²) in [5.74, 6) is 0.943. The van der Waals surface area contributed by atoms with Gasteiger partial charge in [0.15, 0.2) is 0 Å². The van der Waals surface area contributed by atoms with E-state index < -0.39 is 0 Å². The highest BCUT2D eigenvalue weighted by atomic mass is 16.1. The molecule has 2 nitrogen and oxygen atoms in total. The first kappa shape index (κ1) is 12.8. The van der Waals surface area contributed by atoms with Crippen LogP contribution in [-0.2, 0) is 11.2 Å². The molecule has 2 aliphatic carbocycles. The van der Waals surface area contributed by atoms with Gasteiger partial charge in [0.25, 0.3) is 0 Å². The van der Waals surface area contributed by atoms with Crippen LogP contribution < -0.4 is 0 Å². The normalized spacial score (nSPS) is 24.1. The molecule has 4 rings (SSSR count). The van der Waals surface area contributed by atoms with Crippen LogP contribution in [0, 0.1) is 5.92 Å². The summed E-state index contributed by atoms with van der Waals surface area (Å²) in [5.41, 5.74) is 6.28. The Kier molecular flexibility index (Phi) is 2.75. The summed E-state index contributed by atoms with van der Waals surface area (Å²) in [7, 11) is 0. The number of pyridine rings is 1. The number of carbonyl (C=O) groups excluding carboxylic acids is 1. The van der Waals surface area contributed by atoms with E-state index in [0.717, 1.165) is 31.1 Å². The van der Waals surface area contributed by atoms with Crippen LogP contribution in [0.3, 0.4) is 0 Å². The van der Waals surface area contributed by atoms with Crippen molar-refractivity contribution in [3.63, 3.8) is 0 Å². The lowest BCUT2D eigenvalue weighted by Crippen LogP contribution is -1.95. The second-order valence-electron chi connectivity index (χ2n) is 6.56. The highest BCUT2D eigenvalue weighted by Gasteiger charge is 2.26. The quantitative estimate of drug-likeness (QED) is 0.767. The van der Waals surface area contributed by atoms with Crippen molar-refractivity contribution in [2.75, 3.05) is 0 Å². The van der Waals surface area contributed by atoms with Gasteiger partial charge >= 0.3 is 0 Å². The molecule has 2 aromatic rings. The molecule has 1 unspecified atom stereocenters. The maximum Gasteiger partial charge on any atom is 0.146 e. The van der Waals surface area contributed by atoms with E-state index >= 15 is 0 Å². The third-order valence-corrected chi connectivity index (χ3v) is 5.21. The number of allylic oxidation sites excluding steroid dienone is 2. The summed E-state index contributed by atoms with van der Waals surface area (Å²) in [4.78, 5) is 15.8. The Morgan fingerprint density at radius 1 is 1.19 bits per heavy atom. The van der Waals surface area contributed by atoms with E-state index in [1.54, 1.807) is 0 Å². The SMILES string of the molecule is CC1Cc2cc(C3=C(C=O)[C@H](C)CC3)cc3cncc1c23. The summed E-state index contributed by atoms with van der Waals surface area (Å²) in [6.07, 6.45) is 8.23. The Morgan fingerprint density at radius 2 is 2.05 bits per heavy atom. The zero-order valence-electron chi connectivity index (χ0n) is 12.5. The number of hydrogen-bond donors (Lipinski definition) is 0. The molecule has 0 radical (unpaired) electrons. The standard InChI is InChI=1S/C19H19NO/c1-11-3-4-16(18(11)10-21)13-6-14-5-12(2)17-9-20-8-15(7-13)19(14)17/h6-12H,3-5H2,1-2H3/t11-,12?/m1/s1. The molecule has 0 aliphatic heterocycles. The van der Waals surface area contributed by atoms with Crippen molar-refractivity contribution >= 4 is 22.6 Å². The largest absolute Gasteiger partial charge is 0.298 e. The molecule has 0 saturated heterocycles. The molecule has 0 N–H and O–H groups in total. The van der Waals surface area contributed by atoms with E-state index in [-0.39, 0.29) is 0 Å². The number of rotatable bonds is 2. The van der Waals surface area contributed by atoms with E-state index in [0.29, 0.717) is 11.8 Å². The van der Waals surface area contributed by atoms with Crippen LogP contribution in [0.5, 0.6) is 0 Å². The number of hydrogen-bond acceptors (Lipinski definition) is 2. The molecular formula is C19H19NO. The fourth-order valence-corrected chi connectivity index (χ4v) is 4.05. The number of nitrogens with zero attached hydrogens (tertiary/aromatic N) is 1. The minimum absolute atomic E-state index is 0.394. The van der Waals surface area contributed by atoms with E-state index in [2.05, 4.69) is 31.0 Å². The first-order valence-corrected chi connectivity index (χ1v) is 7.78. The highest BCUT2D eigenvalue weighted by Crippen LogP contribution is 2.42. The minimum atomic E-state index is 0.394. The van der Waals surface area contributed by atoms with Crippen molar-refractivity contribution in [2.24, 2.45) is 5.92 Å². The first-order valence-electron chi connectivity index (χ1n) is 7.78. The molecule has 21 heavy (non-hydrogen) atoms. The van der Waals surface area contributed by atoms with Crippen LogP contribution in [0.2, 0.25) is 0 Å². The smallest absolute Gasteiger partial charge is 0.146 e. The van der Waals surface area contributed by atoms with E-state index in [1.165, 1.54) is 33.0 Å². The van der Waals surface area contributed by atoms with Gasteiger partial charge in [0, 0.05) is 17.8 Å². The number of aromatic nitrogens is 1. The molecule has 2 heteroatoms. The molecule has 0 fully saturated rings. The third kappa shape index (κ3) is 1.78. The number of benzene rings is 1. The topological polar surface area (TPSA) is 30.0 Å². The van der Waals surface area contributed by atoms with Gasteiger partial charge in [-0.3, -0.25) is 9.78 Å². The summed E-state index contributed by atoms with van der Waals surface area (Å²) < 4.78 is 0. The Bertz CT molecular complexity index is 787. The molecule has 0 bridgehead atoms. The van der Waals surface area contributed by atoms with Gasteiger partial charge in [-0.1, -0.05) is 19.9 Å². The van der Waals surface area contributed by atoms with Crippen LogP contribution in [0.15, 0.2) is 30.1 Å². The van der Waals surface area contributed by atoms with Crippen LogP contribution in [-0.4, -0.2) is 11.3 Å². The fraction of sp³-hybridized carbons (Fsp3) is 0.368. The maximum absolute atomic E-state index is 11.4. The Morgan fingerprint density at radius 3 is 2.86 bits per heavy atom. The van der Waals surface area contributed by atoms with Crippen molar-refractivity contribution < 1.29 is 4.79 Å². The zero-order valence-corrected chi connectivity index (χ0v) is 12.5. The van der Waals surface area contributed by atoms with Gasteiger partial charge in [-0.05, 0) is 70.4 Å². The molecule has 1 heterocycles. The fourth-order valence-electron chi connectivity index (χ4n) is 4.05. The van der Waals surface area contributed by atoms with Crippen molar-refractivity contribution in [3.05, 3.63) is 46.8 Å². The van der Waals surface area contributed by atoms with Gasteiger partial charge < -0.3 is 0 Å². The molecule has 0 spiro atoms. The molecule has 1 aromatic heterocycles. The summed E-state index contributed by atoms with van der Waals surface area (Å²) >= 11 is 0. The van der Waals surface area contributed by atoms with E-state index in [1.807, 2.05) is 12.4 Å². The Labute approximate surface area is 124 Å². The van der Waals surface area contributed by atoms with Gasteiger partial charge in [-0.2, -0.15) is 0 Å². The van der Waals surface area contributed by atoms with E-state index in [4.69, 9.17) is 0 Å². The predicted octanol–water partition coefficient (Wildman–Crippen LogP) is 4.28. The van der Waals surface area contributed by atoms with Crippen LogP contribution in [0.25, 0.3) is 16.3 Å². The molecule has 0 saturated carbocycles. The van der Waals surface area contributed by atoms with Crippen molar-refractivity contribution in [1.29, 1.82) is 0 Å². The van der Waals surface area contributed by atoms with Gasteiger partial charge in [-0.15, -0.1) is 0 Å². The maximum atomic E-state index is 11.4. The number of aldehydes is 1. The molecule has 1 aromatic carbocycles. The lowest BCUT2D eigenvalue weighted by Gasteiger charge is -2.09. The number of carbonyl (C=O) groups is 1. The van der Waals surface area contributed by atoms with Gasteiger partial charge in [0.05, 0.1) is 0 Å². The second-order valence-corrected chi connectivity index (χ2v) is 6.56. The third-order valence-electron chi connectivity index (χ3n) is 5.21. The van der Waals surface area contributed by atoms with Crippen molar-refractivity contribution in [3.8, 4) is 0 Å². The highest BCUT2D eigenvalue weighted by molar-refractivity contribution is 5.96. The van der Waals surface area contributed by atoms with Crippen molar-refractivity contribution in [2.45, 2.75) is 39.0 Å². The molecular weight excluding hydrogens is 258 g/mol. The first-order chi connectivity index (χ1) is 10.2. The lowest BCUT2D eigenvalue weighted by molar-refractivity contribution is -0.105. The van der Waals surface area contributed by atoms with Crippen LogP contribution >= 0.6 is 0 Å². The van der Waals surface area contributed by atoms with Crippen molar-refractivity contribution in [1.82, 2.24) is 4.98 Å². The molecule has 0 amide bonds. The summed E-state index contributed by atoms with van der Waals surface area (Å²) in [6.45, 7) is 4.42. The summed E-state index contributed by atoms with van der Waals surface area (Å²) in [6, 6.07) is 4.54. The minimum Gasteiger partial charge on any atom is -0.298 e. The van der Waals surface area contributed by atoms with Gasteiger partial charge in [0.1, 0.15) is 6.29 Å². The Hall–Kier alpha value is -1.96. The van der Waals surface area contributed by atoms with E-state index in [9.17, 15) is 4.79 Å². The molecule has 2 aliphatic rings. The van der Waals surface area contributed by atoms with Crippen LogP contribution in [0.4, 0.5) is 0 Å². The molecule has 106 valence electrons. The van der Waals surface area contributed by atoms with Gasteiger partial charge in [0.2, 0.25) is 0 Å². The predicted molar refractivity (Wildman–Crippen MR) is 85.2 cm³/mol. The van der Waals surface area contributed by atoms with Gasteiger partial charge in [-0.25, -0.2) is 0 Å². The Balaban J connectivity index is 1.96. The lowest BCUT2D eigenvalue weighted by atomic mass is 9.96. The zero-order chi connectivity index (χ0) is 14.6. The average Bonchev–Trinajstić information content (AvgIpc) is 3.01. The molecule has 2 atom stereocenters. The monoisotopic (exact) mass is 277 g/mol. The summed E-state index contributed by atoms with van der Waals surface area (Å²) in [5, 5.41) is 2.61. The van der Waals surface area contributed by atoms with Crippen LogP contribution in [0.1, 0.15) is 49.3 Å². The average molecular weight is 277 g/mol.